The zero-order valence-electron chi connectivity index (χ0n) is 5.61. The number of hydrogen-bond acceptors (Lipinski definition) is 2. The molecule has 0 aliphatic carbocycles. The summed E-state index contributed by atoms with van der Waals surface area (Å²) >= 11 is 17.4. The summed E-state index contributed by atoms with van der Waals surface area (Å²) in [4.78, 5) is -0.691. The molecule has 1 aliphatic heterocycles. The minimum atomic E-state index is -0.691. The molecule has 5 heteroatoms. The highest BCUT2D eigenvalue weighted by Gasteiger charge is 2.38. The second-order valence-electron chi connectivity index (χ2n) is 2.24. The van der Waals surface area contributed by atoms with Crippen molar-refractivity contribution in [3.05, 3.63) is 11.2 Å². The summed E-state index contributed by atoms with van der Waals surface area (Å²) < 4.78 is 1.33. The zero-order valence-corrected chi connectivity index (χ0v) is 7.87. The third-order valence-electron chi connectivity index (χ3n) is 1.55. The quantitative estimate of drug-likeness (QED) is 0.337. The first-order valence-electron chi connectivity index (χ1n) is 2.71. The molecule has 1 rings (SSSR count). The SMILES string of the molecule is CN1N(Cl)C=C(Cl)C1(C)Cl. The third kappa shape index (κ3) is 1.10. The summed E-state index contributed by atoms with van der Waals surface area (Å²) in [5.74, 6) is 0. The molecule has 0 N–H and O–H groups in total. The Labute approximate surface area is 75.0 Å². The first-order chi connectivity index (χ1) is 4.46. The average Bonchev–Trinajstić information content (AvgIpc) is 1.97. The van der Waals surface area contributed by atoms with Crippen LogP contribution in [0.15, 0.2) is 11.2 Å². The number of halogens is 3. The zero-order chi connectivity index (χ0) is 7.94. The smallest absolute Gasteiger partial charge is 0.149 e. The fraction of sp³-hybridized carbons (Fsp3) is 0.600. The van der Waals surface area contributed by atoms with E-state index in [4.69, 9.17) is 35.0 Å². The lowest BCUT2D eigenvalue weighted by Crippen LogP contribution is -2.38. The number of hydrogen-bond donors (Lipinski definition) is 0. The van der Waals surface area contributed by atoms with E-state index in [1.165, 1.54) is 4.53 Å². The third-order valence-corrected chi connectivity index (χ3v) is 2.88. The molecule has 0 bridgehead atoms. The molecule has 1 heterocycles. The first-order valence-corrected chi connectivity index (χ1v) is 3.81. The van der Waals surface area contributed by atoms with Crippen LogP contribution in [0, 0.1) is 0 Å². The highest BCUT2D eigenvalue weighted by Crippen LogP contribution is 2.38. The predicted molar refractivity (Wildman–Crippen MR) is 43.6 cm³/mol. The molecule has 1 atom stereocenters. The molecule has 0 spiro atoms. The molecular formula is C5H7Cl3N2. The molecule has 0 amide bonds. The van der Waals surface area contributed by atoms with Crippen LogP contribution in [0.4, 0.5) is 0 Å². The van der Waals surface area contributed by atoms with Gasteiger partial charge < -0.3 is 0 Å². The predicted octanol–water partition coefficient (Wildman–Crippen LogP) is 2.34. The van der Waals surface area contributed by atoms with Gasteiger partial charge in [0.1, 0.15) is 5.00 Å². The van der Waals surface area contributed by atoms with Gasteiger partial charge in [-0.2, -0.15) is 5.01 Å². The topological polar surface area (TPSA) is 6.48 Å². The standard InChI is InChI=1S/C5H7Cl3N2/c1-5(7)4(6)3-10(8)9(5)2/h3H,1-2H3. The summed E-state index contributed by atoms with van der Waals surface area (Å²) in [5, 5.41) is 2.14. The van der Waals surface area contributed by atoms with E-state index in [0.717, 1.165) is 0 Å². The van der Waals surface area contributed by atoms with Crippen LogP contribution in [-0.4, -0.2) is 21.6 Å². The van der Waals surface area contributed by atoms with Gasteiger partial charge in [-0.1, -0.05) is 23.2 Å². The van der Waals surface area contributed by atoms with Crippen molar-refractivity contribution in [2.75, 3.05) is 7.05 Å². The van der Waals surface area contributed by atoms with Crippen molar-refractivity contribution in [2.45, 2.75) is 11.9 Å². The molecule has 0 aromatic rings. The van der Waals surface area contributed by atoms with Gasteiger partial charge in [-0.3, -0.25) is 0 Å². The maximum atomic E-state index is 5.96. The Morgan fingerprint density at radius 1 is 1.60 bits per heavy atom. The average molecular weight is 201 g/mol. The number of alkyl halides is 1. The minimum absolute atomic E-state index is 0.520. The van der Waals surface area contributed by atoms with Crippen molar-refractivity contribution in [3.63, 3.8) is 0 Å². The van der Waals surface area contributed by atoms with E-state index in [0.29, 0.717) is 5.03 Å². The molecule has 0 saturated heterocycles. The van der Waals surface area contributed by atoms with Crippen LogP contribution in [0.1, 0.15) is 6.92 Å². The Morgan fingerprint density at radius 3 is 2.20 bits per heavy atom. The highest BCUT2D eigenvalue weighted by molar-refractivity contribution is 6.39. The molecule has 0 aromatic heterocycles. The molecule has 1 unspecified atom stereocenters. The van der Waals surface area contributed by atoms with Crippen molar-refractivity contribution in [1.29, 1.82) is 0 Å². The molecule has 0 saturated carbocycles. The summed E-state index contributed by atoms with van der Waals surface area (Å²) in [6.45, 7) is 1.77. The van der Waals surface area contributed by atoms with Crippen LogP contribution >= 0.6 is 35.0 Å². The summed E-state index contributed by atoms with van der Waals surface area (Å²) in [7, 11) is 1.76. The molecule has 0 radical (unpaired) electrons. The fourth-order valence-corrected chi connectivity index (χ4v) is 1.31. The number of nitrogens with zero attached hydrogens (tertiary/aromatic N) is 2. The lowest BCUT2D eigenvalue weighted by Gasteiger charge is -2.28. The Kier molecular flexibility index (Phi) is 2.07. The molecule has 0 fully saturated rings. The molecule has 58 valence electrons. The van der Waals surface area contributed by atoms with E-state index in [9.17, 15) is 0 Å². The van der Waals surface area contributed by atoms with E-state index < -0.39 is 5.00 Å². The Hall–Kier alpha value is 0.370. The molecule has 10 heavy (non-hydrogen) atoms. The van der Waals surface area contributed by atoms with Crippen LogP contribution in [0.25, 0.3) is 0 Å². The van der Waals surface area contributed by atoms with Gasteiger partial charge >= 0.3 is 0 Å². The van der Waals surface area contributed by atoms with Crippen molar-refractivity contribution < 1.29 is 0 Å². The van der Waals surface area contributed by atoms with Crippen molar-refractivity contribution in [2.24, 2.45) is 0 Å². The summed E-state index contributed by atoms with van der Waals surface area (Å²) in [6, 6.07) is 0. The van der Waals surface area contributed by atoms with Gasteiger partial charge in [0.2, 0.25) is 0 Å². The molecular weight excluding hydrogens is 194 g/mol. The van der Waals surface area contributed by atoms with Gasteiger partial charge in [-0.15, -0.1) is 0 Å². The van der Waals surface area contributed by atoms with Crippen LogP contribution in [0.2, 0.25) is 0 Å². The summed E-state index contributed by atoms with van der Waals surface area (Å²) in [5.41, 5.74) is 0. The highest BCUT2D eigenvalue weighted by atomic mass is 35.5. The van der Waals surface area contributed by atoms with Crippen LogP contribution in [-0.2, 0) is 0 Å². The van der Waals surface area contributed by atoms with Crippen LogP contribution in [0.3, 0.4) is 0 Å². The van der Waals surface area contributed by atoms with Gasteiger partial charge in [-0.25, -0.2) is 4.53 Å². The Bertz CT molecular complexity index is 178. The van der Waals surface area contributed by atoms with E-state index in [1.807, 2.05) is 0 Å². The second-order valence-corrected chi connectivity index (χ2v) is 3.73. The normalized spacial score (nSPS) is 34.9. The number of rotatable bonds is 0. The van der Waals surface area contributed by atoms with E-state index >= 15 is 0 Å². The van der Waals surface area contributed by atoms with E-state index in [1.54, 1.807) is 25.2 Å². The Balaban J connectivity index is 2.89. The molecule has 0 aromatic carbocycles. The van der Waals surface area contributed by atoms with Crippen molar-refractivity contribution in [1.82, 2.24) is 9.54 Å². The van der Waals surface area contributed by atoms with Gasteiger partial charge in [0.15, 0.2) is 0 Å². The minimum Gasteiger partial charge on any atom is -0.219 e. The monoisotopic (exact) mass is 200 g/mol. The van der Waals surface area contributed by atoms with Crippen LogP contribution < -0.4 is 0 Å². The maximum Gasteiger partial charge on any atom is 0.149 e. The second kappa shape index (κ2) is 2.45. The maximum absolute atomic E-state index is 5.96. The lowest BCUT2D eigenvalue weighted by molar-refractivity contribution is 0.121. The first kappa shape index (κ1) is 8.47. The number of likely N-dealkylation sites (N-methyl/N-ethyl adjacent to an activating group) is 1. The van der Waals surface area contributed by atoms with Crippen molar-refractivity contribution in [3.8, 4) is 0 Å². The fourth-order valence-electron chi connectivity index (χ4n) is 0.632. The van der Waals surface area contributed by atoms with E-state index in [2.05, 4.69) is 0 Å². The molecule has 2 nitrogen and oxygen atoms in total. The van der Waals surface area contributed by atoms with Gasteiger partial charge in [0, 0.05) is 18.8 Å². The van der Waals surface area contributed by atoms with Gasteiger partial charge in [0.05, 0.1) is 11.2 Å². The number of hydrazine groups is 1. The van der Waals surface area contributed by atoms with Crippen LogP contribution in [0.5, 0.6) is 0 Å². The van der Waals surface area contributed by atoms with Gasteiger partial charge in [-0.05, 0) is 6.92 Å². The Morgan fingerprint density at radius 2 is 2.10 bits per heavy atom. The van der Waals surface area contributed by atoms with E-state index in [-0.39, 0.29) is 0 Å². The summed E-state index contributed by atoms with van der Waals surface area (Å²) in [6.07, 6.45) is 1.57. The van der Waals surface area contributed by atoms with Gasteiger partial charge in [0.25, 0.3) is 0 Å². The molecule has 1 aliphatic rings. The largest absolute Gasteiger partial charge is 0.219 e. The lowest BCUT2D eigenvalue weighted by atomic mass is 10.3. The van der Waals surface area contributed by atoms with Crippen molar-refractivity contribution >= 4 is 35.0 Å².